The summed E-state index contributed by atoms with van der Waals surface area (Å²) in [5.74, 6) is -0.329. The van der Waals surface area contributed by atoms with Crippen LogP contribution in [0.25, 0.3) is 0 Å². The van der Waals surface area contributed by atoms with Crippen molar-refractivity contribution in [3.05, 3.63) is 34.9 Å². The fourth-order valence-corrected chi connectivity index (χ4v) is 2.09. The first-order chi connectivity index (χ1) is 7.59. The SMILES string of the molecule is CCOC(=O)C1OC1(C)c1ccccc1Cl. The number of hydrogen-bond donors (Lipinski definition) is 0. The molecule has 1 fully saturated rings. The lowest BCUT2D eigenvalue weighted by Crippen LogP contribution is -2.19. The lowest BCUT2D eigenvalue weighted by Gasteiger charge is -2.08. The van der Waals surface area contributed by atoms with Crippen LogP contribution in [0.2, 0.25) is 5.02 Å². The monoisotopic (exact) mass is 240 g/mol. The van der Waals surface area contributed by atoms with Crippen molar-refractivity contribution in [1.29, 1.82) is 0 Å². The molecule has 0 spiro atoms. The van der Waals surface area contributed by atoms with Crippen LogP contribution < -0.4 is 0 Å². The van der Waals surface area contributed by atoms with Gasteiger partial charge < -0.3 is 9.47 Å². The number of epoxide rings is 1. The maximum Gasteiger partial charge on any atom is 0.338 e. The van der Waals surface area contributed by atoms with Gasteiger partial charge in [0.15, 0.2) is 6.10 Å². The Morgan fingerprint density at radius 1 is 1.56 bits per heavy atom. The maximum atomic E-state index is 11.5. The van der Waals surface area contributed by atoms with Crippen LogP contribution in [-0.2, 0) is 19.9 Å². The van der Waals surface area contributed by atoms with Crippen molar-refractivity contribution in [1.82, 2.24) is 0 Å². The van der Waals surface area contributed by atoms with E-state index in [-0.39, 0.29) is 5.97 Å². The first kappa shape index (κ1) is 11.4. The molecule has 0 aromatic heterocycles. The molecule has 0 bridgehead atoms. The number of carbonyl (C=O) groups excluding carboxylic acids is 1. The van der Waals surface area contributed by atoms with E-state index >= 15 is 0 Å². The van der Waals surface area contributed by atoms with Gasteiger partial charge in [-0.05, 0) is 19.9 Å². The Labute approximate surface area is 99.3 Å². The quantitative estimate of drug-likeness (QED) is 0.602. The third-order valence-corrected chi connectivity index (χ3v) is 3.04. The van der Waals surface area contributed by atoms with Crippen molar-refractivity contribution >= 4 is 17.6 Å². The van der Waals surface area contributed by atoms with Crippen LogP contribution >= 0.6 is 11.6 Å². The highest BCUT2D eigenvalue weighted by atomic mass is 35.5. The molecule has 0 aliphatic carbocycles. The van der Waals surface area contributed by atoms with Gasteiger partial charge in [-0.2, -0.15) is 0 Å². The molecule has 1 heterocycles. The summed E-state index contributed by atoms with van der Waals surface area (Å²) in [6, 6.07) is 7.36. The number of ether oxygens (including phenoxy) is 2. The molecule has 1 saturated heterocycles. The fraction of sp³-hybridized carbons (Fsp3) is 0.417. The molecule has 1 aromatic rings. The molecule has 86 valence electrons. The Kier molecular flexibility index (Phi) is 2.91. The van der Waals surface area contributed by atoms with Gasteiger partial charge in [0.1, 0.15) is 5.60 Å². The van der Waals surface area contributed by atoms with E-state index in [1.807, 2.05) is 25.1 Å². The molecule has 4 heteroatoms. The summed E-state index contributed by atoms with van der Waals surface area (Å²) in [4.78, 5) is 11.5. The van der Waals surface area contributed by atoms with Gasteiger partial charge in [-0.25, -0.2) is 4.79 Å². The number of benzene rings is 1. The molecule has 0 radical (unpaired) electrons. The molecule has 16 heavy (non-hydrogen) atoms. The summed E-state index contributed by atoms with van der Waals surface area (Å²) < 4.78 is 10.3. The van der Waals surface area contributed by atoms with Crippen LogP contribution in [0.4, 0.5) is 0 Å². The summed E-state index contributed by atoms with van der Waals surface area (Å²) in [5, 5.41) is 0.608. The second kappa shape index (κ2) is 4.07. The van der Waals surface area contributed by atoms with E-state index in [4.69, 9.17) is 21.1 Å². The van der Waals surface area contributed by atoms with E-state index in [0.29, 0.717) is 11.6 Å². The molecule has 0 saturated carbocycles. The fourth-order valence-electron chi connectivity index (χ4n) is 1.77. The van der Waals surface area contributed by atoms with Crippen LogP contribution in [0.1, 0.15) is 19.4 Å². The number of halogens is 1. The van der Waals surface area contributed by atoms with Crippen molar-refractivity contribution in [2.45, 2.75) is 25.6 Å². The predicted octanol–water partition coefficient (Wildman–Crippen LogP) is 2.52. The second-order valence-corrected chi connectivity index (χ2v) is 4.24. The van der Waals surface area contributed by atoms with Gasteiger partial charge in [0.25, 0.3) is 0 Å². The van der Waals surface area contributed by atoms with E-state index < -0.39 is 11.7 Å². The zero-order valence-electron chi connectivity index (χ0n) is 9.20. The third-order valence-electron chi connectivity index (χ3n) is 2.72. The Balaban J connectivity index is 2.19. The molecule has 2 rings (SSSR count). The number of rotatable bonds is 3. The summed E-state index contributed by atoms with van der Waals surface area (Å²) in [6.07, 6.45) is -0.535. The Hall–Kier alpha value is -1.06. The average molecular weight is 241 g/mol. The van der Waals surface area contributed by atoms with Crippen molar-refractivity contribution in [3.8, 4) is 0 Å². The lowest BCUT2D eigenvalue weighted by molar-refractivity contribution is -0.144. The standard InChI is InChI=1S/C12H13ClO3/c1-3-15-11(14)10-12(2,16-10)8-6-4-5-7-9(8)13/h4-7,10H,3H2,1-2H3. The van der Waals surface area contributed by atoms with Crippen LogP contribution in [0.15, 0.2) is 24.3 Å². The van der Waals surface area contributed by atoms with E-state index in [0.717, 1.165) is 5.56 Å². The molecule has 2 unspecified atom stereocenters. The Morgan fingerprint density at radius 3 is 2.88 bits per heavy atom. The van der Waals surface area contributed by atoms with Crippen LogP contribution in [0, 0.1) is 0 Å². The minimum Gasteiger partial charge on any atom is -0.464 e. The average Bonchev–Trinajstić information content (AvgIpc) is 2.93. The summed E-state index contributed by atoms with van der Waals surface area (Å²) in [5.41, 5.74) is 0.194. The Bertz CT molecular complexity index is 418. The molecule has 0 N–H and O–H groups in total. The van der Waals surface area contributed by atoms with Gasteiger partial charge in [0.05, 0.1) is 6.61 Å². The van der Waals surface area contributed by atoms with Gasteiger partial charge >= 0.3 is 5.97 Å². The minimum absolute atomic E-state index is 0.329. The van der Waals surface area contributed by atoms with Crippen molar-refractivity contribution < 1.29 is 14.3 Å². The first-order valence-corrected chi connectivity index (χ1v) is 5.57. The molecule has 1 aliphatic rings. The van der Waals surface area contributed by atoms with Crippen molar-refractivity contribution in [3.63, 3.8) is 0 Å². The molecule has 3 nitrogen and oxygen atoms in total. The number of carbonyl (C=O) groups is 1. The summed E-state index contributed by atoms with van der Waals surface area (Å²) in [7, 11) is 0. The summed E-state index contributed by atoms with van der Waals surface area (Å²) in [6.45, 7) is 3.97. The lowest BCUT2D eigenvalue weighted by atomic mass is 9.97. The Morgan fingerprint density at radius 2 is 2.25 bits per heavy atom. The number of hydrogen-bond acceptors (Lipinski definition) is 3. The maximum absolute atomic E-state index is 11.5. The highest BCUT2D eigenvalue weighted by Gasteiger charge is 2.60. The van der Waals surface area contributed by atoms with Crippen molar-refractivity contribution in [2.24, 2.45) is 0 Å². The molecule has 1 aromatic carbocycles. The smallest absolute Gasteiger partial charge is 0.338 e. The van der Waals surface area contributed by atoms with Crippen LogP contribution in [-0.4, -0.2) is 18.7 Å². The van der Waals surface area contributed by atoms with E-state index in [1.165, 1.54) is 0 Å². The zero-order valence-corrected chi connectivity index (χ0v) is 9.95. The van der Waals surface area contributed by atoms with Crippen LogP contribution in [0.5, 0.6) is 0 Å². The highest BCUT2D eigenvalue weighted by molar-refractivity contribution is 6.31. The van der Waals surface area contributed by atoms with Crippen LogP contribution in [0.3, 0.4) is 0 Å². The molecule has 1 aliphatic heterocycles. The minimum atomic E-state index is -0.634. The first-order valence-electron chi connectivity index (χ1n) is 5.19. The molecule has 0 amide bonds. The summed E-state index contributed by atoms with van der Waals surface area (Å²) >= 11 is 6.06. The molecular weight excluding hydrogens is 228 g/mol. The molecule has 2 atom stereocenters. The zero-order chi connectivity index (χ0) is 11.8. The third kappa shape index (κ3) is 1.81. The van der Waals surface area contributed by atoms with E-state index in [9.17, 15) is 4.79 Å². The van der Waals surface area contributed by atoms with Gasteiger partial charge in [0, 0.05) is 10.6 Å². The van der Waals surface area contributed by atoms with Gasteiger partial charge in [0.2, 0.25) is 0 Å². The van der Waals surface area contributed by atoms with E-state index in [1.54, 1.807) is 13.0 Å². The predicted molar refractivity (Wildman–Crippen MR) is 60.3 cm³/mol. The highest BCUT2D eigenvalue weighted by Crippen LogP contribution is 2.48. The van der Waals surface area contributed by atoms with Gasteiger partial charge in [-0.3, -0.25) is 0 Å². The van der Waals surface area contributed by atoms with Gasteiger partial charge in [-0.1, -0.05) is 29.8 Å². The topological polar surface area (TPSA) is 38.8 Å². The van der Waals surface area contributed by atoms with Crippen molar-refractivity contribution in [2.75, 3.05) is 6.61 Å². The van der Waals surface area contributed by atoms with E-state index in [2.05, 4.69) is 0 Å². The largest absolute Gasteiger partial charge is 0.464 e. The molecular formula is C12H13ClO3. The normalized spacial score (nSPS) is 27.6. The second-order valence-electron chi connectivity index (χ2n) is 3.84. The number of esters is 1. The van der Waals surface area contributed by atoms with Gasteiger partial charge in [-0.15, -0.1) is 0 Å².